The molecular formula is C15H20ClN5O. The first-order chi connectivity index (χ1) is 10.5. The van der Waals surface area contributed by atoms with Crippen LogP contribution >= 0.6 is 11.6 Å². The maximum atomic E-state index is 12.0. The molecule has 2 aromatic rings. The summed E-state index contributed by atoms with van der Waals surface area (Å²) in [4.78, 5) is 16.3. The van der Waals surface area contributed by atoms with Crippen molar-refractivity contribution in [2.75, 3.05) is 11.9 Å². The van der Waals surface area contributed by atoms with Crippen LogP contribution in [0.1, 0.15) is 19.4 Å². The summed E-state index contributed by atoms with van der Waals surface area (Å²) in [5, 5.41) is 10.4. The van der Waals surface area contributed by atoms with Crippen LogP contribution < -0.4 is 16.2 Å². The number of anilines is 2. The molecule has 118 valence electrons. The van der Waals surface area contributed by atoms with Crippen LogP contribution in [-0.4, -0.2) is 27.4 Å². The quantitative estimate of drug-likeness (QED) is 0.852. The van der Waals surface area contributed by atoms with Gasteiger partial charge in [-0.15, -0.1) is 0 Å². The van der Waals surface area contributed by atoms with Gasteiger partial charge in [0.25, 0.3) is 5.56 Å². The lowest BCUT2D eigenvalue weighted by atomic mass is 10.1. The zero-order valence-electron chi connectivity index (χ0n) is 12.9. The van der Waals surface area contributed by atoms with Gasteiger partial charge in [0, 0.05) is 25.4 Å². The molecule has 0 radical (unpaired) electrons. The molecule has 0 aliphatic rings. The molecule has 2 heterocycles. The van der Waals surface area contributed by atoms with Crippen LogP contribution in [-0.2, 0) is 13.5 Å². The number of halogens is 1. The highest BCUT2D eigenvalue weighted by Crippen LogP contribution is 2.14. The van der Waals surface area contributed by atoms with E-state index in [1.165, 1.54) is 10.7 Å². The van der Waals surface area contributed by atoms with Gasteiger partial charge in [-0.05, 0) is 31.5 Å². The first-order valence-corrected chi connectivity index (χ1v) is 7.56. The molecule has 0 aliphatic carbocycles. The lowest BCUT2D eigenvalue weighted by molar-refractivity contribution is 0.564. The summed E-state index contributed by atoms with van der Waals surface area (Å²) >= 11 is 5.86. The number of aryl methyl sites for hydroxylation is 1. The standard InChI is InChI=1S/C15H20ClN5O/c1-4-17-10(2)7-11-5-6-14(18-9-11)19-12-8-13(16)20-21(3)15(12)22/h5-6,8-10,17H,4,7H2,1-3H3,(H,18,19). The van der Waals surface area contributed by atoms with Crippen LogP contribution in [0.2, 0.25) is 5.15 Å². The van der Waals surface area contributed by atoms with Crippen molar-refractivity contribution < 1.29 is 0 Å². The van der Waals surface area contributed by atoms with E-state index in [1.54, 1.807) is 7.05 Å². The Morgan fingerprint density at radius 2 is 2.18 bits per heavy atom. The smallest absolute Gasteiger partial charge is 0.290 e. The normalized spacial score (nSPS) is 12.2. The van der Waals surface area contributed by atoms with Crippen molar-refractivity contribution in [1.29, 1.82) is 0 Å². The van der Waals surface area contributed by atoms with E-state index < -0.39 is 0 Å². The summed E-state index contributed by atoms with van der Waals surface area (Å²) < 4.78 is 1.19. The van der Waals surface area contributed by atoms with Crippen molar-refractivity contribution in [1.82, 2.24) is 20.1 Å². The van der Waals surface area contributed by atoms with Gasteiger partial charge in [-0.2, -0.15) is 5.10 Å². The number of aromatic nitrogens is 3. The maximum absolute atomic E-state index is 12.0. The summed E-state index contributed by atoms with van der Waals surface area (Å²) in [5.41, 5.74) is 1.24. The Morgan fingerprint density at radius 3 is 2.82 bits per heavy atom. The predicted octanol–water partition coefficient (Wildman–Crippen LogP) is 2.11. The average molecular weight is 322 g/mol. The summed E-state index contributed by atoms with van der Waals surface area (Å²) in [7, 11) is 1.55. The average Bonchev–Trinajstić information content (AvgIpc) is 2.46. The van der Waals surface area contributed by atoms with E-state index in [9.17, 15) is 4.79 Å². The molecule has 2 N–H and O–H groups in total. The first kappa shape index (κ1) is 16.5. The number of hydrogen-bond donors (Lipinski definition) is 2. The number of likely N-dealkylation sites (N-methyl/N-ethyl adjacent to an activating group) is 1. The molecule has 0 aromatic carbocycles. The van der Waals surface area contributed by atoms with Gasteiger partial charge in [-0.25, -0.2) is 9.67 Å². The SMILES string of the molecule is CCNC(C)Cc1ccc(Nc2cc(Cl)nn(C)c2=O)nc1. The monoisotopic (exact) mass is 321 g/mol. The second-order valence-electron chi connectivity index (χ2n) is 5.15. The van der Waals surface area contributed by atoms with E-state index in [1.807, 2.05) is 18.3 Å². The summed E-state index contributed by atoms with van der Waals surface area (Å²) in [5.74, 6) is 0.597. The van der Waals surface area contributed by atoms with E-state index in [0.717, 1.165) is 18.5 Å². The molecule has 0 spiro atoms. The van der Waals surface area contributed by atoms with Gasteiger partial charge in [0.1, 0.15) is 11.5 Å². The van der Waals surface area contributed by atoms with E-state index in [2.05, 4.69) is 34.6 Å². The van der Waals surface area contributed by atoms with Gasteiger partial charge < -0.3 is 10.6 Å². The molecule has 0 aliphatic heterocycles. The minimum absolute atomic E-state index is 0.251. The fourth-order valence-corrected chi connectivity index (χ4v) is 2.42. The topological polar surface area (TPSA) is 71.8 Å². The van der Waals surface area contributed by atoms with Gasteiger partial charge in [-0.1, -0.05) is 24.6 Å². The van der Waals surface area contributed by atoms with Crippen molar-refractivity contribution >= 4 is 23.1 Å². The molecular weight excluding hydrogens is 302 g/mol. The Balaban J connectivity index is 2.10. The molecule has 22 heavy (non-hydrogen) atoms. The Labute approximate surface area is 134 Å². The number of pyridine rings is 1. The van der Waals surface area contributed by atoms with Crippen molar-refractivity contribution in [3.8, 4) is 0 Å². The van der Waals surface area contributed by atoms with E-state index in [-0.39, 0.29) is 10.7 Å². The van der Waals surface area contributed by atoms with Crippen LogP contribution in [0.3, 0.4) is 0 Å². The summed E-state index contributed by atoms with van der Waals surface area (Å²) in [6.07, 6.45) is 2.72. The molecule has 0 fully saturated rings. The van der Waals surface area contributed by atoms with Crippen molar-refractivity contribution in [3.63, 3.8) is 0 Å². The largest absolute Gasteiger partial charge is 0.336 e. The van der Waals surface area contributed by atoms with E-state index in [0.29, 0.717) is 17.5 Å². The first-order valence-electron chi connectivity index (χ1n) is 7.18. The lowest BCUT2D eigenvalue weighted by Gasteiger charge is -2.12. The minimum Gasteiger partial charge on any atom is -0.336 e. The third kappa shape index (κ3) is 4.29. The highest BCUT2D eigenvalue weighted by atomic mass is 35.5. The molecule has 6 nitrogen and oxygen atoms in total. The van der Waals surface area contributed by atoms with Crippen molar-refractivity contribution in [2.45, 2.75) is 26.3 Å². The Hall–Kier alpha value is -1.92. The number of hydrogen-bond acceptors (Lipinski definition) is 5. The zero-order chi connectivity index (χ0) is 16.1. The van der Waals surface area contributed by atoms with Gasteiger partial charge in [0.2, 0.25) is 0 Å². The highest BCUT2D eigenvalue weighted by Gasteiger charge is 2.07. The third-order valence-corrected chi connectivity index (χ3v) is 3.40. The molecule has 1 atom stereocenters. The van der Waals surface area contributed by atoms with Crippen LogP contribution in [0.25, 0.3) is 0 Å². The van der Waals surface area contributed by atoms with E-state index in [4.69, 9.17) is 11.6 Å². The third-order valence-electron chi connectivity index (χ3n) is 3.22. The second kappa shape index (κ2) is 7.38. The Morgan fingerprint density at radius 1 is 1.41 bits per heavy atom. The summed E-state index contributed by atoms with van der Waals surface area (Å²) in [6, 6.07) is 5.74. The van der Waals surface area contributed by atoms with Crippen LogP contribution in [0.5, 0.6) is 0 Å². The van der Waals surface area contributed by atoms with E-state index >= 15 is 0 Å². The second-order valence-corrected chi connectivity index (χ2v) is 5.54. The van der Waals surface area contributed by atoms with Crippen LogP contribution in [0.15, 0.2) is 29.2 Å². The van der Waals surface area contributed by atoms with Crippen LogP contribution in [0.4, 0.5) is 11.5 Å². The molecule has 0 amide bonds. The molecule has 2 aromatic heterocycles. The Kier molecular flexibility index (Phi) is 5.51. The van der Waals surface area contributed by atoms with Crippen LogP contribution in [0, 0.1) is 0 Å². The van der Waals surface area contributed by atoms with Gasteiger partial charge in [0.05, 0.1) is 0 Å². The highest BCUT2D eigenvalue weighted by molar-refractivity contribution is 6.29. The fraction of sp³-hybridized carbons (Fsp3) is 0.400. The maximum Gasteiger partial charge on any atom is 0.290 e. The molecule has 2 rings (SSSR count). The molecule has 0 saturated carbocycles. The molecule has 7 heteroatoms. The molecule has 0 saturated heterocycles. The zero-order valence-corrected chi connectivity index (χ0v) is 13.7. The van der Waals surface area contributed by atoms with Gasteiger partial charge in [0.15, 0.2) is 5.15 Å². The fourth-order valence-electron chi connectivity index (χ4n) is 2.19. The van der Waals surface area contributed by atoms with Gasteiger partial charge >= 0.3 is 0 Å². The predicted molar refractivity (Wildman–Crippen MR) is 88.9 cm³/mol. The molecule has 0 bridgehead atoms. The molecule has 1 unspecified atom stereocenters. The Bertz CT molecular complexity index is 683. The van der Waals surface area contributed by atoms with Crippen molar-refractivity contribution in [3.05, 3.63) is 45.5 Å². The number of nitrogens with zero attached hydrogens (tertiary/aromatic N) is 3. The minimum atomic E-state index is -0.254. The van der Waals surface area contributed by atoms with Crippen molar-refractivity contribution in [2.24, 2.45) is 7.05 Å². The summed E-state index contributed by atoms with van der Waals surface area (Å²) in [6.45, 7) is 5.17. The number of nitrogens with one attached hydrogen (secondary N) is 2. The number of rotatable bonds is 6. The van der Waals surface area contributed by atoms with Gasteiger partial charge in [-0.3, -0.25) is 4.79 Å². The lowest BCUT2D eigenvalue weighted by Crippen LogP contribution is -2.27.